The van der Waals surface area contributed by atoms with E-state index in [1.807, 2.05) is 20.8 Å². The van der Waals surface area contributed by atoms with Crippen LogP contribution in [0.5, 0.6) is 0 Å². The second-order valence-corrected chi connectivity index (χ2v) is 5.96. The SMILES string of the molecule is CC(C)(C)OC(=O)N1CCN2C[C@@H](O)C[C@H]2C1. The van der Waals surface area contributed by atoms with E-state index in [9.17, 15) is 9.90 Å². The fourth-order valence-corrected chi connectivity index (χ4v) is 2.51. The van der Waals surface area contributed by atoms with E-state index in [-0.39, 0.29) is 12.2 Å². The molecule has 17 heavy (non-hydrogen) atoms. The van der Waals surface area contributed by atoms with Crippen molar-refractivity contribution in [3.8, 4) is 0 Å². The van der Waals surface area contributed by atoms with E-state index in [1.165, 1.54) is 0 Å². The minimum Gasteiger partial charge on any atom is -0.444 e. The number of piperazine rings is 1. The van der Waals surface area contributed by atoms with Crippen LogP contribution in [0.4, 0.5) is 4.79 Å². The second kappa shape index (κ2) is 4.46. The third-order valence-electron chi connectivity index (χ3n) is 3.25. The maximum atomic E-state index is 11.9. The van der Waals surface area contributed by atoms with E-state index in [2.05, 4.69) is 4.90 Å². The third kappa shape index (κ3) is 3.10. The first-order valence-electron chi connectivity index (χ1n) is 6.25. The molecule has 1 N–H and O–H groups in total. The van der Waals surface area contributed by atoms with Crippen molar-refractivity contribution >= 4 is 6.09 Å². The number of hydrogen-bond acceptors (Lipinski definition) is 4. The zero-order valence-corrected chi connectivity index (χ0v) is 10.8. The minimum atomic E-state index is -0.441. The van der Waals surface area contributed by atoms with E-state index in [1.54, 1.807) is 4.90 Å². The Morgan fingerprint density at radius 3 is 2.65 bits per heavy atom. The average molecular weight is 242 g/mol. The maximum absolute atomic E-state index is 11.9. The lowest BCUT2D eigenvalue weighted by Crippen LogP contribution is -2.53. The Hall–Kier alpha value is -0.810. The maximum Gasteiger partial charge on any atom is 0.410 e. The largest absolute Gasteiger partial charge is 0.444 e. The van der Waals surface area contributed by atoms with Crippen molar-refractivity contribution in [1.82, 2.24) is 9.80 Å². The van der Waals surface area contributed by atoms with Crippen LogP contribution in [0.25, 0.3) is 0 Å². The summed E-state index contributed by atoms with van der Waals surface area (Å²) < 4.78 is 5.36. The Labute approximate surface area is 102 Å². The van der Waals surface area contributed by atoms with Gasteiger partial charge in [-0.15, -0.1) is 0 Å². The lowest BCUT2D eigenvalue weighted by Gasteiger charge is -2.37. The Morgan fingerprint density at radius 2 is 2.00 bits per heavy atom. The molecule has 2 heterocycles. The number of hydrogen-bond donors (Lipinski definition) is 1. The molecule has 0 aliphatic carbocycles. The molecule has 0 radical (unpaired) electrons. The topological polar surface area (TPSA) is 53.0 Å². The number of aliphatic hydroxyl groups is 1. The molecule has 0 spiro atoms. The van der Waals surface area contributed by atoms with Crippen LogP contribution in [-0.4, -0.2) is 64.9 Å². The van der Waals surface area contributed by atoms with E-state index in [4.69, 9.17) is 4.74 Å². The first-order valence-corrected chi connectivity index (χ1v) is 6.25. The van der Waals surface area contributed by atoms with E-state index in [0.29, 0.717) is 19.1 Å². The summed E-state index contributed by atoms with van der Waals surface area (Å²) in [4.78, 5) is 15.9. The van der Waals surface area contributed by atoms with Crippen molar-refractivity contribution in [2.45, 2.75) is 44.9 Å². The minimum absolute atomic E-state index is 0.237. The summed E-state index contributed by atoms with van der Waals surface area (Å²) in [6.45, 7) is 8.57. The molecule has 5 heteroatoms. The van der Waals surface area contributed by atoms with E-state index >= 15 is 0 Å². The summed E-state index contributed by atoms with van der Waals surface area (Å²) in [6.07, 6.45) is 0.288. The summed E-state index contributed by atoms with van der Waals surface area (Å²) in [5.74, 6) is 0. The highest BCUT2D eigenvalue weighted by molar-refractivity contribution is 5.68. The van der Waals surface area contributed by atoms with Crippen molar-refractivity contribution in [2.75, 3.05) is 26.2 Å². The van der Waals surface area contributed by atoms with Gasteiger partial charge in [0.15, 0.2) is 0 Å². The summed E-state index contributed by atoms with van der Waals surface area (Å²) in [5, 5.41) is 9.59. The zero-order chi connectivity index (χ0) is 12.6. The van der Waals surface area contributed by atoms with Gasteiger partial charge in [-0.05, 0) is 27.2 Å². The van der Waals surface area contributed by atoms with E-state index < -0.39 is 5.60 Å². The predicted octanol–water partition coefficient (Wildman–Crippen LogP) is 0.672. The lowest BCUT2D eigenvalue weighted by atomic mass is 10.1. The molecule has 98 valence electrons. The Balaban J connectivity index is 1.90. The van der Waals surface area contributed by atoms with Gasteiger partial charge in [0.1, 0.15) is 5.60 Å². The average Bonchev–Trinajstić information content (AvgIpc) is 2.53. The highest BCUT2D eigenvalue weighted by Crippen LogP contribution is 2.23. The van der Waals surface area contributed by atoms with Gasteiger partial charge in [0, 0.05) is 32.2 Å². The summed E-state index contributed by atoms with van der Waals surface area (Å²) in [5.41, 5.74) is -0.441. The molecule has 2 aliphatic rings. The molecular weight excluding hydrogens is 220 g/mol. The van der Waals surface area contributed by atoms with Gasteiger partial charge in [-0.1, -0.05) is 0 Å². The summed E-state index contributed by atoms with van der Waals surface area (Å²) in [6, 6.07) is 0.297. The fraction of sp³-hybridized carbons (Fsp3) is 0.917. The van der Waals surface area contributed by atoms with Crippen LogP contribution in [0.1, 0.15) is 27.2 Å². The Bertz CT molecular complexity index is 301. The number of rotatable bonds is 0. The van der Waals surface area contributed by atoms with E-state index in [0.717, 1.165) is 19.5 Å². The van der Waals surface area contributed by atoms with Gasteiger partial charge < -0.3 is 14.7 Å². The number of carbonyl (C=O) groups excluding carboxylic acids is 1. The molecule has 5 nitrogen and oxygen atoms in total. The first-order chi connectivity index (χ1) is 7.85. The molecule has 1 amide bonds. The number of ether oxygens (including phenoxy) is 1. The zero-order valence-electron chi connectivity index (χ0n) is 10.8. The highest BCUT2D eigenvalue weighted by Gasteiger charge is 2.37. The number of amides is 1. The van der Waals surface area contributed by atoms with Gasteiger partial charge in [0.05, 0.1) is 6.10 Å². The van der Waals surface area contributed by atoms with Crippen molar-refractivity contribution in [2.24, 2.45) is 0 Å². The monoisotopic (exact) mass is 242 g/mol. The van der Waals surface area contributed by atoms with Crippen LogP contribution in [0.3, 0.4) is 0 Å². The van der Waals surface area contributed by atoms with Crippen molar-refractivity contribution in [3.63, 3.8) is 0 Å². The van der Waals surface area contributed by atoms with Crippen LogP contribution in [0.15, 0.2) is 0 Å². The molecule has 2 fully saturated rings. The van der Waals surface area contributed by atoms with Crippen molar-refractivity contribution in [1.29, 1.82) is 0 Å². The normalized spacial score (nSPS) is 30.2. The van der Waals surface area contributed by atoms with Crippen molar-refractivity contribution < 1.29 is 14.6 Å². The molecule has 0 bridgehead atoms. The molecular formula is C12H22N2O3. The number of carbonyl (C=O) groups is 1. The molecule has 0 saturated carbocycles. The van der Waals surface area contributed by atoms with Gasteiger partial charge in [0.2, 0.25) is 0 Å². The molecule has 0 aromatic carbocycles. The van der Waals surface area contributed by atoms with Crippen molar-refractivity contribution in [3.05, 3.63) is 0 Å². The number of nitrogens with zero attached hydrogens (tertiary/aromatic N) is 2. The van der Waals surface area contributed by atoms with Gasteiger partial charge in [-0.25, -0.2) is 4.79 Å². The molecule has 2 saturated heterocycles. The number of aliphatic hydroxyl groups excluding tert-OH is 1. The summed E-state index contributed by atoms with van der Waals surface area (Å²) in [7, 11) is 0. The van der Waals surface area contributed by atoms with Gasteiger partial charge >= 0.3 is 6.09 Å². The molecule has 0 unspecified atom stereocenters. The van der Waals surface area contributed by atoms with Gasteiger partial charge in [0.25, 0.3) is 0 Å². The molecule has 2 aliphatic heterocycles. The third-order valence-corrected chi connectivity index (χ3v) is 3.25. The molecule has 0 aromatic rings. The molecule has 2 rings (SSSR count). The Kier molecular flexibility index (Phi) is 3.32. The molecule has 2 atom stereocenters. The first kappa shape index (κ1) is 12.6. The van der Waals surface area contributed by atoms with Crippen LogP contribution in [0, 0.1) is 0 Å². The lowest BCUT2D eigenvalue weighted by molar-refractivity contribution is 0.00921. The summed E-state index contributed by atoms with van der Waals surface area (Å²) >= 11 is 0. The van der Waals surface area contributed by atoms with Crippen LogP contribution < -0.4 is 0 Å². The van der Waals surface area contributed by atoms with Crippen LogP contribution in [0.2, 0.25) is 0 Å². The molecule has 0 aromatic heterocycles. The highest BCUT2D eigenvalue weighted by atomic mass is 16.6. The second-order valence-electron chi connectivity index (χ2n) is 5.96. The van der Waals surface area contributed by atoms with Gasteiger partial charge in [-0.3, -0.25) is 4.90 Å². The van der Waals surface area contributed by atoms with Crippen LogP contribution >= 0.6 is 0 Å². The van der Waals surface area contributed by atoms with Gasteiger partial charge in [-0.2, -0.15) is 0 Å². The fourth-order valence-electron chi connectivity index (χ4n) is 2.51. The smallest absolute Gasteiger partial charge is 0.410 e. The Morgan fingerprint density at radius 1 is 1.29 bits per heavy atom. The van der Waals surface area contributed by atoms with Crippen LogP contribution in [-0.2, 0) is 4.74 Å². The number of fused-ring (bicyclic) bond motifs is 1. The predicted molar refractivity (Wildman–Crippen MR) is 63.8 cm³/mol. The standard InChI is InChI=1S/C12H22N2O3/c1-12(2,3)17-11(16)14-5-4-13-8-10(15)6-9(13)7-14/h9-10,15H,4-8H2,1-3H3/t9-,10-/m0/s1. The quantitative estimate of drug-likeness (QED) is 0.678.